The van der Waals surface area contributed by atoms with Gasteiger partial charge >= 0.3 is 0 Å². The van der Waals surface area contributed by atoms with Crippen LogP contribution in [-0.4, -0.2) is 33.0 Å². The quantitative estimate of drug-likeness (QED) is 0.344. The van der Waals surface area contributed by atoms with E-state index in [4.69, 9.17) is 5.73 Å². The number of nitrogens with one attached hydrogen (secondary N) is 3. The van der Waals surface area contributed by atoms with Gasteiger partial charge in [0.2, 0.25) is 5.91 Å². The SMILES string of the molecule is Nc1nccc2cc(CNC(=O)[C@H](Cc3ccc(F)c(F)c3)NC(=O)c3ccn[nH]3)ccc12. The number of nitrogens with zero attached hydrogens (tertiary/aromatic N) is 2. The molecule has 168 valence electrons. The van der Waals surface area contributed by atoms with Crippen molar-refractivity contribution in [3.8, 4) is 0 Å². The number of amides is 2. The highest BCUT2D eigenvalue weighted by atomic mass is 19.2. The number of hydrogen-bond acceptors (Lipinski definition) is 5. The van der Waals surface area contributed by atoms with Crippen molar-refractivity contribution < 1.29 is 18.4 Å². The predicted octanol–water partition coefficient (Wildman–Crippen LogP) is 2.48. The standard InChI is InChI=1S/C23H20F2N6O2/c24-17-4-2-13(10-18(17)25)11-20(30-23(33)19-6-8-29-31-19)22(32)28-12-14-1-3-16-15(9-14)5-7-27-21(16)26/h1-10,20H,11-12H2,(H2,26,27)(H,28,32)(H,29,31)(H,30,33)/t20-/m0/s1. The van der Waals surface area contributed by atoms with Crippen LogP contribution in [0, 0.1) is 11.6 Å². The highest BCUT2D eigenvalue weighted by Gasteiger charge is 2.23. The molecule has 0 radical (unpaired) electrons. The molecule has 4 aromatic rings. The molecule has 0 saturated heterocycles. The maximum atomic E-state index is 13.7. The van der Waals surface area contributed by atoms with E-state index in [1.54, 1.807) is 6.20 Å². The number of hydrogen-bond donors (Lipinski definition) is 4. The molecule has 0 fully saturated rings. The van der Waals surface area contributed by atoms with Crippen molar-refractivity contribution in [1.29, 1.82) is 0 Å². The van der Waals surface area contributed by atoms with Crippen molar-refractivity contribution >= 4 is 28.4 Å². The molecule has 0 aliphatic rings. The van der Waals surface area contributed by atoms with E-state index in [9.17, 15) is 18.4 Å². The molecule has 0 aliphatic heterocycles. The lowest BCUT2D eigenvalue weighted by atomic mass is 10.0. The number of nitrogens with two attached hydrogens (primary N) is 1. The number of aromatic amines is 1. The minimum absolute atomic E-state index is 0.0389. The van der Waals surface area contributed by atoms with Gasteiger partial charge in [-0.2, -0.15) is 5.10 Å². The van der Waals surface area contributed by atoms with Crippen LogP contribution in [0.25, 0.3) is 10.8 Å². The largest absolute Gasteiger partial charge is 0.383 e. The smallest absolute Gasteiger partial charge is 0.269 e. The molecule has 0 unspecified atom stereocenters. The van der Waals surface area contributed by atoms with Crippen LogP contribution in [0.5, 0.6) is 0 Å². The molecule has 2 heterocycles. The van der Waals surface area contributed by atoms with Gasteiger partial charge in [-0.25, -0.2) is 13.8 Å². The fourth-order valence-corrected chi connectivity index (χ4v) is 3.40. The zero-order valence-electron chi connectivity index (χ0n) is 17.3. The Labute approximate surface area is 187 Å². The van der Waals surface area contributed by atoms with Crippen LogP contribution in [-0.2, 0) is 17.8 Å². The third-order valence-corrected chi connectivity index (χ3v) is 5.12. The maximum Gasteiger partial charge on any atom is 0.269 e. The molecular weight excluding hydrogens is 430 g/mol. The summed E-state index contributed by atoms with van der Waals surface area (Å²) in [6, 6.07) is 11.1. The summed E-state index contributed by atoms with van der Waals surface area (Å²) >= 11 is 0. The van der Waals surface area contributed by atoms with Gasteiger partial charge in [0.05, 0.1) is 0 Å². The van der Waals surface area contributed by atoms with E-state index < -0.39 is 29.5 Å². The van der Waals surface area contributed by atoms with Gasteiger partial charge in [0.15, 0.2) is 11.6 Å². The van der Waals surface area contributed by atoms with E-state index in [-0.39, 0.29) is 18.7 Å². The van der Waals surface area contributed by atoms with Crippen molar-refractivity contribution in [1.82, 2.24) is 25.8 Å². The van der Waals surface area contributed by atoms with Gasteiger partial charge in [-0.15, -0.1) is 0 Å². The Hall–Kier alpha value is -4.34. The molecule has 5 N–H and O–H groups in total. The highest BCUT2D eigenvalue weighted by Crippen LogP contribution is 2.20. The second kappa shape index (κ2) is 9.43. The molecule has 0 spiro atoms. The fraction of sp³-hybridized carbons (Fsp3) is 0.130. The molecule has 2 aromatic heterocycles. The van der Waals surface area contributed by atoms with E-state index in [0.717, 1.165) is 28.5 Å². The molecule has 1 atom stereocenters. The molecule has 4 rings (SSSR count). The second-order valence-corrected chi connectivity index (χ2v) is 7.42. The number of nitrogen functional groups attached to an aromatic ring is 1. The molecule has 2 amide bonds. The molecule has 33 heavy (non-hydrogen) atoms. The van der Waals surface area contributed by atoms with Crippen LogP contribution < -0.4 is 16.4 Å². The Morgan fingerprint density at radius 2 is 1.82 bits per heavy atom. The van der Waals surface area contributed by atoms with Crippen molar-refractivity contribution in [3.63, 3.8) is 0 Å². The van der Waals surface area contributed by atoms with E-state index in [1.807, 2.05) is 24.3 Å². The Morgan fingerprint density at radius 3 is 2.58 bits per heavy atom. The van der Waals surface area contributed by atoms with Gasteiger partial charge in [-0.1, -0.05) is 18.2 Å². The predicted molar refractivity (Wildman–Crippen MR) is 118 cm³/mol. The molecule has 0 aliphatic carbocycles. The van der Waals surface area contributed by atoms with Crippen molar-refractivity contribution in [2.24, 2.45) is 0 Å². The van der Waals surface area contributed by atoms with Crippen molar-refractivity contribution in [2.45, 2.75) is 19.0 Å². The lowest BCUT2D eigenvalue weighted by Crippen LogP contribution is -2.48. The first-order chi connectivity index (χ1) is 15.9. The number of halogens is 2. The number of anilines is 1. The number of rotatable bonds is 7. The maximum absolute atomic E-state index is 13.7. The number of pyridine rings is 1. The summed E-state index contributed by atoms with van der Waals surface area (Å²) < 4.78 is 26.9. The van der Waals surface area contributed by atoms with Crippen molar-refractivity contribution in [3.05, 3.63) is 89.4 Å². The number of carbonyl (C=O) groups excluding carboxylic acids is 2. The Morgan fingerprint density at radius 1 is 1.00 bits per heavy atom. The lowest BCUT2D eigenvalue weighted by molar-refractivity contribution is -0.123. The van der Waals surface area contributed by atoms with Crippen LogP contribution in [0.4, 0.5) is 14.6 Å². The summed E-state index contributed by atoms with van der Waals surface area (Å²) in [5.74, 6) is -2.65. The Balaban J connectivity index is 1.50. The van der Waals surface area contributed by atoms with E-state index in [1.165, 1.54) is 18.3 Å². The summed E-state index contributed by atoms with van der Waals surface area (Å²) in [4.78, 5) is 29.5. The van der Waals surface area contributed by atoms with Crippen LogP contribution in [0.15, 0.2) is 60.9 Å². The van der Waals surface area contributed by atoms with Crippen LogP contribution in [0.3, 0.4) is 0 Å². The Kier molecular flexibility index (Phi) is 6.25. The third-order valence-electron chi connectivity index (χ3n) is 5.12. The molecule has 10 heteroatoms. The molecule has 0 saturated carbocycles. The fourth-order valence-electron chi connectivity index (χ4n) is 3.40. The minimum atomic E-state index is -1.04. The van der Waals surface area contributed by atoms with E-state index in [2.05, 4.69) is 25.8 Å². The first kappa shape index (κ1) is 21.9. The normalized spacial score (nSPS) is 11.8. The third kappa shape index (κ3) is 5.12. The van der Waals surface area contributed by atoms with E-state index in [0.29, 0.717) is 11.4 Å². The van der Waals surface area contributed by atoms with Gasteiger partial charge in [0, 0.05) is 30.7 Å². The average molecular weight is 450 g/mol. The number of H-pyrrole nitrogens is 1. The van der Waals surface area contributed by atoms with Gasteiger partial charge < -0.3 is 16.4 Å². The highest BCUT2D eigenvalue weighted by molar-refractivity contribution is 5.96. The molecular formula is C23H20F2N6O2. The Bertz CT molecular complexity index is 1310. The first-order valence-corrected chi connectivity index (χ1v) is 10.1. The van der Waals surface area contributed by atoms with Crippen LogP contribution in [0.2, 0.25) is 0 Å². The summed E-state index contributed by atoms with van der Waals surface area (Å²) in [6.45, 7) is 0.186. The second-order valence-electron chi connectivity index (χ2n) is 7.42. The monoisotopic (exact) mass is 450 g/mol. The average Bonchev–Trinajstić information content (AvgIpc) is 3.35. The topological polar surface area (TPSA) is 126 Å². The number of aromatic nitrogens is 3. The van der Waals surface area contributed by atoms with Crippen LogP contribution >= 0.6 is 0 Å². The molecule has 2 aromatic carbocycles. The lowest BCUT2D eigenvalue weighted by Gasteiger charge is -2.19. The summed E-state index contributed by atoms with van der Waals surface area (Å²) in [6.07, 6.45) is 2.97. The first-order valence-electron chi connectivity index (χ1n) is 10.1. The zero-order valence-corrected chi connectivity index (χ0v) is 17.3. The van der Waals surface area contributed by atoms with Gasteiger partial charge in [-0.05, 0) is 46.8 Å². The van der Waals surface area contributed by atoms with Gasteiger partial charge in [-0.3, -0.25) is 14.7 Å². The summed E-state index contributed by atoms with van der Waals surface area (Å²) in [5, 5.41) is 13.3. The van der Waals surface area contributed by atoms with Crippen LogP contribution in [0.1, 0.15) is 21.6 Å². The molecule has 8 nitrogen and oxygen atoms in total. The minimum Gasteiger partial charge on any atom is -0.383 e. The number of carbonyl (C=O) groups is 2. The van der Waals surface area contributed by atoms with Crippen molar-refractivity contribution in [2.75, 3.05) is 5.73 Å². The summed E-state index contributed by atoms with van der Waals surface area (Å²) in [5.41, 5.74) is 7.20. The molecule has 0 bridgehead atoms. The van der Waals surface area contributed by atoms with E-state index >= 15 is 0 Å². The number of benzene rings is 2. The zero-order chi connectivity index (χ0) is 23.4. The van der Waals surface area contributed by atoms with Gasteiger partial charge in [0.25, 0.3) is 5.91 Å². The van der Waals surface area contributed by atoms with Gasteiger partial charge in [0.1, 0.15) is 17.6 Å². The summed E-state index contributed by atoms with van der Waals surface area (Å²) in [7, 11) is 0. The number of fused-ring (bicyclic) bond motifs is 1.